The highest BCUT2D eigenvalue weighted by Crippen LogP contribution is 2.33. The Kier molecular flexibility index (Phi) is 2.32. The van der Waals surface area contributed by atoms with Crippen LogP contribution < -0.4 is 10.2 Å². The molecular formula is C12H20N4. The minimum Gasteiger partial charge on any atom is -0.350 e. The highest BCUT2D eigenvalue weighted by molar-refractivity contribution is 5.43. The fraction of sp³-hybridized carbons (Fsp3) is 0.667. The lowest BCUT2D eigenvalue weighted by Gasteiger charge is -2.51. The van der Waals surface area contributed by atoms with E-state index in [2.05, 4.69) is 20.2 Å². The Hall–Kier alpha value is -1.16. The number of hydrogen-bond acceptors (Lipinski definition) is 4. The normalized spacial score (nSPS) is 28.5. The third kappa shape index (κ3) is 1.48. The molecule has 1 aromatic rings. The summed E-state index contributed by atoms with van der Waals surface area (Å²) in [5.41, 5.74) is 2.08. The third-order valence-corrected chi connectivity index (χ3v) is 3.89. The lowest BCUT2D eigenvalue weighted by Crippen LogP contribution is -2.64. The van der Waals surface area contributed by atoms with E-state index in [0.29, 0.717) is 6.04 Å². The number of aromatic nitrogens is 2. The van der Waals surface area contributed by atoms with Crippen LogP contribution in [0.4, 0.5) is 5.82 Å². The number of hydrogen-bond donors (Lipinski definition) is 1. The molecule has 0 spiro atoms. The van der Waals surface area contributed by atoms with Gasteiger partial charge in [0.25, 0.3) is 0 Å². The van der Waals surface area contributed by atoms with Crippen LogP contribution in [0.25, 0.3) is 0 Å². The maximum absolute atomic E-state index is 4.62. The first-order valence-corrected chi connectivity index (χ1v) is 6.03. The summed E-state index contributed by atoms with van der Waals surface area (Å²) in [5, 5.41) is 3.45. The molecule has 0 aromatic carbocycles. The molecular weight excluding hydrogens is 200 g/mol. The van der Waals surface area contributed by atoms with Gasteiger partial charge in [-0.1, -0.05) is 0 Å². The standard InChI is InChI=1S/C12H18N4.H2/c1-8-9(2)15-12(6-14-8)16-7-10-3-4-13-5-11(10)16;/h6,10-11,13H,3-5,7H2,1-2H3;1H/t10-,11-;/m0./s1. The van der Waals surface area contributed by atoms with Crippen molar-refractivity contribution in [3.05, 3.63) is 17.6 Å². The molecule has 2 fully saturated rings. The zero-order valence-corrected chi connectivity index (χ0v) is 9.90. The van der Waals surface area contributed by atoms with E-state index in [1.165, 1.54) is 13.0 Å². The van der Waals surface area contributed by atoms with Gasteiger partial charge >= 0.3 is 0 Å². The van der Waals surface area contributed by atoms with Gasteiger partial charge in [0, 0.05) is 20.6 Å². The molecule has 0 saturated carbocycles. The smallest absolute Gasteiger partial charge is 0.147 e. The molecule has 2 saturated heterocycles. The molecule has 1 aromatic heterocycles. The second kappa shape index (κ2) is 3.70. The van der Waals surface area contributed by atoms with Gasteiger partial charge in [-0.3, -0.25) is 4.98 Å². The lowest BCUT2D eigenvalue weighted by atomic mass is 9.83. The van der Waals surface area contributed by atoms with Crippen molar-refractivity contribution in [1.29, 1.82) is 0 Å². The van der Waals surface area contributed by atoms with E-state index >= 15 is 0 Å². The summed E-state index contributed by atoms with van der Waals surface area (Å²) in [4.78, 5) is 11.4. The molecule has 2 atom stereocenters. The molecule has 0 radical (unpaired) electrons. The summed E-state index contributed by atoms with van der Waals surface area (Å²) in [5.74, 6) is 1.91. The van der Waals surface area contributed by atoms with Gasteiger partial charge in [-0.2, -0.15) is 0 Å². The minimum atomic E-state index is 0. The predicted octanol–water partition coefficient (Wildman–Crippen LogP) is 1.14. The first-order chi connectivity index (χ1) is 7.75. The second-order valence-corrected chi connectivity index (χ2v) is 4.87. The van der Waals surface area contributed by atoms with Gasteiger partial charge in [0.15, 0.2) is 0 Å². The number of anilines is 1. The Balaban J connectivity index is 0.00000108. The average molecular weight is 220 g/mol. The number of fused-ring (bicyclic) bond motifs is 1. The molecule has 3 heterocycles. The molecule has 88 valence electrons. The minimum absolute atomic E-state index is 0. The van der Waals surface area contributed by atoms with Gasteiger partial charge in [-0.25, -0.2) is 4.98 Å². The second-order valence-electron chi connectivity index (χ2n) is 4.87. The van der Waals surface area contributed by atoms with E-state index in [9.17, 15) is 0 Å². The van der Waals surface area contributed by atoms with Crippen molar-refractivity contribution in [1.82, 2.24) is 15.3 Å². The maximum Gasteiger partial charge on any atom is 0.147 e. The number of rotatable bonds is 1. The van der Waals surface area contributed by atoms with E-state index in [4.69, 9.17) is 0 Å². The quantitative estimate of drug-likeness (QED) is 0.770. The highest BCUT2D eigenvalue weighted by Gasteiger charge is 2.40. The van der Waals surface area contributed by atoms with Gasteiger partial charge in [-0.05, 0) is 32.7 Å². The summed E-state index contributed by atoms with van der Waals surface area (Å²) in [6.07, 6.45) is 3.21. The lowest BCUT2D eigenvalue weighted by molar-refractivity contribution is 0.227. The van der Waals surface area contributed by atoms with Crippen molar-refractivity contribution < 1.29 is 1.43 Å². The van der Waals surface area contributed by atoms with Crippen molar-refractivity contribution in [2.24, 2.45) is 5.92 Å². The SMILES string of the molecule is Cc1ncc(N2C[C@@H]3CCNC[C@@H]32)nc1C.[HH]. The van der Waals surface area contributed by atoms with Crippen LogP contribution in [0.5, 0.6) is 0 Å². The van der Waals surface area contributed by atoms with Crippen molar-refractivity contribution in [3.8, 4) is 0 Å². The monoisotopic (exact) mass is 220 g/mol. The molecule has 1 N–H and O–H groups in total. The van der Waals surface area contributed by atoms with Crippen molar-refractivity contribution in [2.45, 2.75) is 26.3 Å². The van der Waals surface area contributed by atoms with Crippen LogP contribution in [0.2, 0.25) is 0 Å². The fourth-order valence-corrected chi connectivity index (χ4v) is 2.66. The predicted molar refractivity (Wildman–Crippen MR) is 65.7 cm³/mol. The Labute approximate surface area is 97.6 Å². The Morgan fingerprint density at radius 2 is 2.31 bits per heavy atom. The zero-order valence-electron chi connectivity index (χ0n) is 9.90. The van der Waals surface area contributed by atoms with Crippen LogP contribution in [0.3, 0.4) is 0 Å². The molecule has 0 unspecified atom stereocenters. The topological polar surface area (TPSA) is 41.1 Å². The molecule has 0 aliphatic carbocycles. The number of nitrogens with zero attached hydrogens (tertiary/aromatic N) is 3. The first-order valence-electron chi connectivity index (χ1n) is 6.03. The summed E-state index contributed by atoms with van der Waals surface area (Å²) < 4.78 is 0. The summed E-state index contributed by atoms with van der Waals surface area (Å²) in [6.45, 7) is 7.46. The van der Waals surface area contributed by atoms with E-state index in [-0.39, 0.29) is 1.43 Å². The van der Waals surface area contributed by atoms with Gasteiger partial charge in [0.05, 0.1) is 17.6 Å². The van der Waals surface area contributed by atoms with Gasteiger partial charge in [-0.15, -0.1) is 0 Å². The maximum atomic E-state index is 4.62. The van der Waals surface area contributed by atoms with Crippen LogP contribution >= 0.6 is 0 Å². The molecule has 16 heavy (non-hydrogen) atoms. The van der Waals surface area contributed by atoms with Gasteiger partial charge in [0.2, 0.25) is 0 Å². The molecule has 4 nitrogen and oxygen atoms in total. The largest absolute Gasteiger partial charge is 0.350 e. The van der Waals surface area contributed by atoms with Crippen molar-refractivity contribution >= 4 is 5.82 Å². The number of piperidine rings is 1. The van der Waals surface area contributed by atoms with Crippen LogP contribution in [0.15, 0.2) is 6.20 Å². The Bertz CT molecular complexity index is 409. The van der Waals surface area contributed by atoms with Crippen LogP contribution in [0, 0.1) is 19.8 Å². The number of nitrogens with one attached hydrogen (secondary N) is 1. The van der Waals surface area contributed by atoms with E-state index < -0.39 is 0 Å². The zero-order chi connectivity index (χ0) is 11.1. The fourth-order valence-electron chi connectivity index (χ4n) is 2.66. The number of aryl methyl sites for hydroxylation is 2. The molecule has 3 rings (SSSR count). The highest BCUT2D eigenvalue weighted by atomic mass is 15.3. The van der Waals surface area contributed by atoms with Gasteiger partial charge in [0.1, 0.15) is 5.82 Å². The Morgan fingerprint density at radius 1 is 1.44 bits per heavy atom. The van der Waals surface area contributed by atoms with Crippen molar-refractivity contribution in [3.63, 3.8) is 0 Å². The van der Waals surface area contributed by atoms with Crippen LogP contribution in [0.1, 0.15) is 19.2 Å². The summed E-state index contributed by atoms with van der Waals surface area (Å²) >= 11 is 0. The van der Waals surface area contributed by atoms with Gasteiger partial charge < -0.3 is 10.2 Å². The third-order valence-electron chi connectivity index (χ3n) is 3.89. The molecule has 2 aliphatic rings. The average Bonchev–Trinajstić information content (AvgIpc) is 2.25. The van der Waals surface area contributed by atoms with Crippen molar-refractivity contribution in [2.75, 3.05) is 24.5 Å². The van der Waals surface area contributed by atoms with E-state index in [0.717, 1.165) is 36.2 Å². The van der Waals surface area contributed by atoms with E-state index in [1.54, 1.807) is 0 Å². The van der Waals surface area contributed by atoms with E-state index in [1.807, 2.05) is 20.0 Å². The van der Waals surface area contributed by atoms with Crippen LogP contribution in [-0.2, 0) is 0 Å². The summed E-state index contributed by atoms with van der Waals surface area (Å²) in [7, 11) is 0. The summed E-state index contributed by atoms with van der Waals surface area (Å²) in [6, 6.07) is 0.644. The first kappa shape index (κ1) is 10.0. The van der Waals surface area contributed by atoms with Crippen LogP contribution in [-0.4, -0.2) is 35.6 Å². The molecule has 2 aliphatic heterocycles. The molecule has 0 amide bonds. The Morgan fingerprint density at radius 3 is 3.06 bits per heavy atom. The molecule has 4 heteroatoms. The molecule has 0 bridgehead atoms.